The molecule has 0 spiro atoms. The number of alkyl halides is 5. The number of amides is 1. The third-order valence-corrected chi connectivity index (χ3v) is 6.22. The first-order valence-corrected chi connectivity index (χ1v) is 11.9. The molecule has 0 unspecified atom stereocenters. The maximum absolute atomic E-state index is 14.7. The van der Waals surface area contributed by atoms with Gasteiger partial charge in [0.1, 0.15) is 16.9 Å². The molecule has 210 valence electrons. The van der Waals surface area contributed by atoms with Crippen molar-refractivity contribution in [3.8, 4) is 5.75 Å². The number of hydrogen-bond acceptors (Lipinski definition) is 6. The molecule has 4 rings (SSSR count). The van der Waals surface area contributed by atoms with Gasteiger partial charge >= 0.3 is 6.18 Å². The molecule has 2 aromatic heterocycles. The topological polar surface area (TPSA) is 99.5 Å². The van der Waals surface area contributed by atoms with Gasteiger partial charge in [-0.15, -0.1) is 0 Å². The minimum Gasteiger partial charge on any atom is -0.505 e. The fourth-order valence-electron chi connectivity index (χ4n) is 4.47. The zero-order chi connectivity index (χ0) is 28.5. The molecule has 14 heteroatoms. The van der Waals surface area contributed by atoms with Crippen molar-refractivity contribution in [3.05, 3.63) is 63.3 Å². The summed E-state index contributed by atoms with van der Waals surface area (Å²) in [6, 6.07) is 5.50. The number of benzene rings is 1. The molecule has 1 amide bonds. The maximum Gasteiger partial charge on any atom is 0.401 e. The van der Waals surface area contributed by atoms with Gasteiger partial charge in [0.15, 0.2) is 5.75 Å². The van der Waals surface area contributed by atoms with Crippen LogP contribution in [0.3, 0.4) is 0 Å². The van der Waals surface area contributed by atoms with Gasteiger partial charge in [0.05, 0.1) is 30.8 Å². The lowest BCUT2D eigenvalue weighted by Crippen LogP contribution is -2.38. The molecule has 0 bridgehead atoms. The van der Waals surface area contributed by atoms with E-state index in [0.29, 0.717) is 15.7 Å². The first-order chi connectivity index (χ1) is 18.3. The van der Waals surface area contributed by atoms with Crippen LogP contribution >= 0.6 is 0 Å². The molecule has 0 radical (unpaired) electrons. The first-order valence-electron chi connectivity index (χ1n) is 11.9. The SMILES string of the molecule is CN(CCCNC(=O)c1c(O)c2ncc(Cc3ccc(F)cc3)c3c2n(c1=O)CC(F)(F)CN3)CC(F)(F)F. The summed E-state index contributed by atoms with van der Waals surface area (Å²) >= 11 is 0. The number of rotatable bonds is 8. The van der Waals surface area contributed by atoms with Crippen LogP contribution in [0.25, 0.3) is 11.0 Å². The number of pyridine rings is 2. The van der Waals surface area contributed by atoms with Gasteiger partial charge in [0, 0.05) is 24.7 Å². The molecule has 3 aromatic rings. The van der Waals surface area contributed by atoms with E-state index in [1.807, 2.05) is 0 Å². The number of aromatic hydroxyl groups is 1. The molecular formula is C25H25F6N5O3. The highest BCUT2D eigenvalue weighted by Crippen LogP contribution is 2.36. The average molecular weight is 557 g/mol. The molecule has 0 saturated heterocycles. The zero-order valence-electron chi connectivity index (χ0n) is 20.7. The van der Waals surface area contributed by atoms with E-state index in [-0.39, 0.29) is 42.7 Å². The Morgan fingerprint density at radius 2 is 1.95 bits per heavy atom. The Hall–Kier alpha value is -3.81. The third-order valence-electron chi connectivity index (χ3n) is 6.22. The second-order valence-electron chi connectivity index (χ2n) is 9.45. The van der Waals surface area contributed by atoms with Crippen LogP contribution in [0.15, 0.2) is 35.3 Å². The van der Waals surface area contributed by atoms with Crippen molar-refractivity contribution in [1.29, 1.82) is 0 Å². The Morgan fingerprint density at radius 1 is 1.26 bits per heavy atom. The van der Waals surface area contributed by atoms with Crippen LogP contribution in [-0.4, -0.2) is 70.8 Å². The minimum atomic E-state index is -4.38. The molecular weight excluding hydrogens is 532 g/mol. The molecule has 1 aromatic carbocycles. The first kappa shape index (κ1) is 28.2. The molecule has 3 N–H and O–H groups in total. The van der Waals surface area contributed by atoms with Crippen molar-refractivity contribution in [2.45, 2.75) is 31.5 Å². The monoisotopic (exact) mass is 557 g/mol. The van der Waals surface area contributed by atoms with E-state index < -0.39 is 60.3 Å². The number of hydrogen-bond donors (Lipinski definition) is 3. The Balaban J connectivity index is 1.67. The molecule has 0 saturated carbocycles. The Labute approximate surface area is 218 Å². The van der Waals surface area contributed by atoms with Gasteiger partial charge in [0.25, 0.3) is 17.4 Å². The van der Waals surface area contributed by atoms with Crippen LogP contribution in [0.4, 0.5) is 32.0 Å². The lowest BCUT2D eigenvalue weighted by Gasteiger charge is -2.19. The summed E-state index contributed by atoms with van der Waals surface area (Å²) in [5.74, 6) is -5.74. The molecule has 0 fully saturated rings. The summed E-state index contributed by atoms with van der Waals surface area (Å²) in [7, 11) is 1.26. The van der Waals surface area contributed by atoms with Crippen molar-refractivity contribution in [1.82, 2.24) is 19.8 Å². The van der Waals surface area contributed by atoms with Crippen molar-refractivity contribution in [2.24, 2.45) is 0 Å². The highest BCUT2D eigenvalue weighted by molar-refractivity contribution is 6.04. The molecule has 1 aliphatic rings. The van der Waals surface area contributed by atoms with Gasteiger partial charge in [-0.3, -0.25) is 24.0 Å². The van der Waals surface area contributed by atoms with Crippen LogP contribution < -0.4 is 16.2 Å². The number of aromatic nitrogens is 2. The fourth-order valence-corrected chi connectivity index (χ4v) is 4.47. The molecule has 8 nitrogen and oxygen atoms in total. The van der Waals surface area contributed by atoms with Crippen molar-refractivity contribution >= 4 is 22.6 Å². The molecule has 1 aliphatic heterocycles. The number of carbonyl (C=O) groups excluding carboxylic acids is 1. The van der Waals surface area contributed by atoms with Gasteiger partial charge in [-0.25, -0.2) is 13.2 Å². The summed E-state index contributed by atoms with van der Waals surface area (Å²) in [6.07, 6.45) is -2.83. The van der Waals surface area contributed by atoms with Gasteiger partial charge in [-0.1, -0.05) is 12.1 Å². The van der Waals surface area contributed by atoms with Gasteiger partial charge < -0.3 is 15.7 Å². The van der Waals surface area contributed by atoms with E-state index in [0.717, 1.165) is 4.90 Å². The molecule has 0 atom stereocenters. The van der Waals surface area contributed by atoms with Crippen molar-refractivity contribution in [2.75, 3.05) is 38.5 Å². The summed E-state index contributed by atoms with van der Waals surface area (Å²) in [5.41, 5.74) is -1.17. The minimum absolute atomic E-state index is 0.0205. The maximum atomic E-state index is 14.7. The van der Waals surface area contributed by atoms with Crippen molar-refractivity contribution in [3.63, 3.8) is 0 Å². The van der Waals surface area contributed by atoms with Crippen molar-refractivity contribution < 1.29 is 36.2 Å². The van der Waals surface area contributed by atoms with Gasteiger partial charge in [-0.2, -0.15) is 13.2 Å². The average Bonchev–Trinajstić information content (AvgIpc) is 2.98. The number of carbonyl (C=O) groups is 1. The summed E-state index contributed by atoms with van der Waals surface area (Å²) in [5, 5.41) is 15.8. The number of halogens is 6. The van der Waals surface area contributed by atoms with E-state index in [4.69, 9.17) is 0 Å². The largest absolute Gasteiger partial charge is 0.505 e. The Morgan fingerprint density at radius 3 is 2.62 bits per heavy atom. The van der Waals surface area contributed by atoms with E-state index in [1.54, 1.807) is 0 Å². The van der Waals surface area contributed by atoms with Gasteiger partial charge in [-0.05, 0) is 37.7 Å². The predicted octanol–water partition coefficient (Wildman–Crippen LogP) is 3.51. The van der Waals surface area contributed by atoms with Crippen LogP contribution in [0.1, 0.15) is 27.9 Å². The van der Waals surface area contributed by atoms with E-state index in [2.05, 4.69) is 15.6 Å². The van der Waals surface area contributed by atoms with Crippen LogP contribution in [0, 0.1) is 5.82 Å². The fraction of sp³-hybridized carbons (Fsp3) is 0.400. The van der Waals surface area contributed by atoms with E-state index in [1.165, 1.54) is 37.5 Å². The van der Waals surface area contributed by atoms with Crippen LogP contribution in [0.5, 0.6) is 5.75 Å². The standard InChI is InChI=1S/C25H25F6N5O3/c1-35(13-25(29,30)31)8-2-7-32-22(38)17-21(37)19-20-18(34-11-24(27,28)12-36(20)23(17)39)15(10-33-19)9-14-3-5-16(26)6-4-14/h3-6,10,34,37H,2,7-9,11-13H2,1H3,(H,32,38). The summed E-state index contributed by atoms with van der Waals surface area (Å²) < 4.78 is 80.8. The molecule has 0 aliphatic carbocycles. The van der Waals surface area contributed by atoms with Gasteiger partial charge in [0.2, 0.25) is 0 Å². The normalized spacial score (nSPS) is 14.8. The van der Waals surface area contributed by atoms with E-state index >= 15 is 0 Å². The highest BCUT2D eigenvalue weighted by atomic mass is 19.4. The number of anilines is 1. The van der Waals surface area contributed by atoms with E-state index in [9.17, 15) is 41.0 Å². The van der Waals surface area contributed by atoms with Crippen LogP contribution in [-0.2, 0) is 13.0 Å². The third kappa shape index (κ3) is 6.44. The van der Waals surface area contributed by atoms with Crippen LogP contribution in [0.2, 0.25) is 0 Å². The smallest absolute Gasteiger partial charge is 0.401 e. The lowest BCUT2D eigenvalue weighted by atomic mass is 10.0. The second-order valence-corrected chi connectivity index (χ2v) is 9.45. The lowest BCUT2D eigenvalue weighted by molar-refractivity contribution is -0.143. The zero-order valence-corrected chi connectivity index (χ0v) is 20.7. The summed E-state index contributed by atoms with van der Waals surface area (Å²) in [4.78, 5) is 31.3. The Bertz CT molecular complexity index is 1440. The number of nitrogens with one attached hydrogen (secondary N) is 2. The molecule has 39 heavy (non-hydrogen) atoms. The highest BCUT2D eigenvalue weighted by Gasteiger charge is 2.37. The number of nitrogens with zero attached hydrogens (tertiary/aromatic N) is 3. The quantitative estimate of drug-likeness (QED) is 0.290. The second kappa shape index (κ2) is 10.8. The Kier molecular flexibility index (Phi) is 7.77. The summed E-state index contributed by atoms with van der Waals surface area (Å²) in [6.45, 7) is -3.22. The predicted molar refractivity (Wildman–Crippen MR) is 131 cm³/mol. The molecule has 3 heterocycles.